The van der Waals surface area contributed by atoms with E-state index in [0.29, 0.717) is 24.2 Å². The van der Waals surface area contributed by atoms with E-state index >= 15 is 0 Å². The van der Waals surface area contributed by atoms with Gasteiger partial charge in [-0.05, 0) is 37.1 Å². The molecule has 0 spiro atoms. The number of hydrogen-bond donors (Lipinski definition) is 2. The standard InChI is InChI=1S/C20H19N3O2/c1-13-4-2-6-15(8-13)12-22-19(24)17-10-18(17)20(25)23-16-7-3-5-14(9-16)11-21/h2-9,17-18H,10,12H2,1H3,(H,22,24)(H,23,25). The first-order chi connectivity index (χ1) is 12.1. The molecule has 5 heteroatoms. The van der Waals surface area contributed by atoms with Crippen molar-refractivity contribution in [1.82, 2.24) is 5.32 Å². The van der Waals surface area contributed by atoms with Gasteiger partial charge >= 0.3 is 0 Å². The highest BCUT2D eigenvalue weighted by Crippen LogP contribution is 2.39. The summed E-state index contributed by atoms with van der Waals surface area (Å²) >= 11 is 0. The molecule has 1 aliphatic carbocycles. The van der Waals surface area contributed by atoms with Gasteiger partial charge in [0.25, 0.3) is 0 Å². The average molecular weight is 333 g/mol. The van der Waals surface area contributed by atoms with E-state index in [1.807, 2.05) is 37.3 Å². The summed E-state index contributed by atoms with van der Waals surface area (Å²) in [6.07, 6.45) is 0.559. The van der Waals surface area contributed by atoms with Crippen molar-refractivity contribution < 1.29 is 9.59 Å². The molecule has 3 rings (SSSR count). The minimum absolute atomic E-state index is 0.0903. The molecule has 2 aromatic rings. The molecule has 1 saturated carbocycles. The minimum Gasteiger partial charge on any atom is -0.352 e. The highest BCUT2D eigenvalue weighted by molar-refractivity contribution is 5.99. The first-order valence-electron chi connectivity index (χ1n) is 8.21. The van der Waals surface area contributed by atoms with Gasteiger partial charge in [0.05, 0.1) is 23.5 Å². The maximum atomic E-state index is 12.2. The lowest BCUT2D eigenvalue weighted by Crippen LogP contribution is -2.27. The number of carbonyl (C=O) groups excluding carboxylic acids is 2. The smallest absolute Gasteiger partial charge is 0.228 e. The molecule has 2 unspecified atom stereocenters. The Balaban J connectivity index is 1.50. The molecule has 25 heavy (non-hydrogen) atoms. The molecule has 0 aliphatic heterocycles. The van der Waals surface area contributed by atoms with Crippen molar-refractivity contribution >= 4 is 17.5 Å². The normalized spacial score (nSPS) is 18.1. The third kappa shape index (κ3) is 4.24. The van der Waals surface area contributed by atoms with E-state index in [2.05, 4.69) is 10.6 Å². The van der Waals surface area contributed by atoms with E-state index in [0.717, 1.165) is 11.1 Å². The summed E-state index contributed by atoms with van der Waals surface area (Å²) in [5.41, 5.74) is 3.26. The molecule has 0 aromatic heterocycles. The molecule has 2 atom stereocenters. The van der Waals surface area contributed by atoms with Crippen LogP contribution in [-0.4, -0.2) is 11.8 Å². The predicted octanol–water partition coefficient (Wildman–Crippen LogP) is 2.76. The van der Waals surface area contributed by atoms with Crippen LogP contribution in [0.15, 0.2) is 48.5 Å². The molecule has 1 fully saturated rings. The molecule has 0 saturated heterocycles. The fraction of sp³-hybridized carbons (Fsp3) is 0.250. The average Bonchev–Trinajstić information content (AvgIpc) is 3.41. The van der Waals surface area contributed by atoms with Gasteiger partial charge in [-0.25, -0.2) is 0 Å². The summed E-state index contributed by atoms with van der Waals surface area (Å²) < 4.78 is 0. The summed E-state index contributed by atoms with van der Waals surface area (Å²) in [6, 6.07) is 16.7. The Morgan fingerprint density at radius 2 is 1.88 bits per heavy atom. The van der Waals surface area contributed by atoms with Crippen LogP contribution in [-0.2, 0) is 16.1 Å². The number of nitrogens with one attached hydrogen (secondary N) is 2. The lowest BCUT2D eigenvalue weighted by atomic mass is 10.1. The van der Waals surface area contributed by atoms with Crippen LogP contribution in [0.1, 0.15) is 23.1 Å². The van der Waals surface area contributed by atoms with Crippen molar-refractivity contribution in [3.63, 3.8) is 0 Å². The molecule has 0 heterocycles. The SMILES string of the molecule is Cc1cccc(CNC(=O)C2CC2C(=O)Nc2cccc(C#N)c2)c1. The molecule has 0 radical (unpaired) electrons. The van der Waals surface area contributed by atoms with E-state index in [1.54, 1.807) is 24.3 Å². The highest BCUT2D eigenvalue weighted by Gasteiger charge is 2.47. The van der Waals surface area contributed by atoms with Crippen LogP contribution in [0.4, 0.5) is 5.69 Å². The van der Waals surface area contributed by atoms with Crippen LogP contribution in [0.5, 0.6) is 0 Å². The molecule has 2 aromatic carbocycles. The van der Waals surface area contributed by atoms with E-state index in [-0.39, 0.29) is 23.7 Å². The number of aryl methyl sites for hydroxylation is 1. The second-order valence-electron chi connectivity index (χ2n) is 6.34. The minimum atomic E-state index is -0.303. The molecule has 5 nitrogen and oxygen atoms in total. The van der Waals surface area contributed by atoms with Crippen molar-refractivity contribution in [2.45, 2.75) is 19.9 Å². The number of nitriles is 1. The van der Waals surface area contributed by atoms with Gasteiger partial charge in [-0.15, -0.1) is 0 Å². The fourth-order valence-electron chi connectivity index (χ4n) is 2.82. The van der Waals surface area contributed by atoms with Gasteiger partial charge in [0.15, 0.2) is 0 Å². The van der Waals surface area contributed by atoms with Crippen LogP contribution >= 0.6 is 0 Å². The van der Waals surface area contributed by atoms with E-state index in [1.165, 1.54) is 0 Å². The largest absolute Gasteiger partial charge is 0.352 e. The number of nitrogens with zero attached hydrogens (tertiary/aromatic N) is 1. The van der Waals surface area contributed by atoms with Crippen LogP contribution in [0.2, 0.25) is 0 Å². The third-order valence-corrected chi connectivity index (χ3v) is 4.27. The lowest BCUT2D eigenvalue weighted by molar-refractivity contribution is -0.125. The summed E-state index contributed by atoms with van der Waals surface area (Å²) in [6.45, 7) is 2.48. The zero-order valence-electron chi connectivity index (χ0n) is 14.0. The molecule has 126 valence electrons. The number of hydrogen-bond acceptors (Lipinski definition) is 3. The van der Waals surface area contributed by atoms with Crippen LogP contribution in [0.3, 0.4) is 0 Å². The lowest BCUT2D eigenvalue weighted by Gasteiger charge is -2.07. The van der Waals surface area contributed by atoms with Gasteiger partial charge in [0.1, 0.15) is 0 Å². The van der Waals surface area contributed by atoms with E-state index < -0.39 is 0 Å². The Bertz CT molecular complexity index is 854. The number of carbonyl (C=O) groups is 2. The van der Waals surface area contributed by atoms with Crippen LogP contribution in [0.25, 0.3) is 0 Å². The Labute approximate surface area is 146 Å². The summed E-state index contributed by atoms with van der Waals surface area (Å²) in [5.74, 6) is -0.842. The highest BCUT2D eigenvalue weighted by atomic mass is 16.2. The zero-order valence-corrected chi connectivity index (χ0v) is 14.0. The maximum absolute atomic E-state index is 12.2. The van der Waals surface area contributed by atoms with Gasteiger partial charge in [-0.1, -0.05) is 35.9 Å². The second-order valence-corrected chi connectivity index (χ2v) is 6.34. The van der Waals surface area contributed by atoms with Crippen molar-refractivity contribution in [3.8, 4) is 6.07 Å². The fourth-order valence-corrected chi connectivity index (χ4v) is 2.82. The number of benzene rings is 2. The van der Waals surface area contributed by atoms with Crippen molar-refractivity contribution in [2.24, 2.45) is 11.8 Å². The molecular formula is C20H19N3O2. The van der Waals surface area contributed by atoms with Crippen LogP contribution in [0, 0.1) is 30.1 Å². The third-order valence-electron chi connectivity index (χ3n) is 4.27. The molecule has 1 aliphatic rings. The number of rotatable bonds is 5. The van der Waals surface area contributed by atoms with Crippen molar-refractivity contribution in [3.05, 3.63) is 65.2 Å². The van der Waals surface area contributed by atoms with E-state index in [4.69, 9.17) is 5.26 Å². The van der Waals surface area contributed by atoms with Gasteiger partial charge < -0.3 is 10.6 Å². The van der Waals surface area contributed by atoms with Gasteiger partial charge in [-0.3, -0.25) is 9.59 Å². The van der Waals surface area contributed by atoms with E-state index in [9.17, 15) is 9.59 Å². The molecular weight excluding hydrogens is 314 g/mol. The summed E-state index contributed by atoms with van der Waals surface area (Å²) in [5, 5.41) is 14.6. The Hall–Kier alpha value is -3.13. The topological polar surface area (TPSA) is 82.0 Å². The maximum Gasteiger partial charge on any atom is 0.228 e. The first-order valence-corrected chi connectivity index (χ1v) is 8.21. The monoisotopic (exact) mass is 333 g/mol. The Kier molecular flexibility index (Phi) is 4.80. The number of anilines is 1. The molecule has 2 N–H and O–H groups in total. The Morgan fingerprint density at radius 3 is 2.64 bits per heavy atom. The summed E-state index contributed by atoms with van der Waals surface area (Å²) in [4.78, 5) is 24.4. The first kappa shape index (κ1) is 16.7. The predicted molar refractivity (Wildman–Crippen MR) is 94.4 cm³/mol. The van der Waals surface area contributed by atoms with Crippen molar-refractivity contribution in [2.75, 3.05) is 5.32 Å². The zero-order chi connectivity index (χ0) is 17.8. The van der Waals surface area contributed by atoms with Gasteiger partial charge in [0, 0.05) is 12.2 Å². The quantitative estimate of drug-likeness (QED) is 0.882. The molecule has 0 bridgehead atoms. The number of amides is 2. The van der Waals surface area contributed by atoms with Crippen molar-refractivity contribution in [1.29, 1.82) is 5.26 Å². The second kappa shape index (κ2) is 7.18. The molecule has 2 amide bonds. The Morgan fingerprint density at radius 1 is 1.12 bits per heavy atom. The summed E-state index contributed by atoms with van der Waals surface area (Å²) in [7, 11) is 0. The van der Waals surface area contributed by atoms with Gasteiger partial charge in [0.2, 0.25) is 11.8 Å². The van der Waals surface area contributed by atoms with Gasteiger partial charge in [-0.2, -0.15) is 5.26 Å². The van der Waals surface area contributed by atoms with Crippen LogP contribution < -0.4 is 10.6 Å².